The van der Waals surface area contributed by atoms with E-state index in [-0.39, 0.29) is 18.2 Å². The number of anilines is 2. The molecular formula is C25H29N5O3S2. The molecule has 0 unspecified atom stereocenters. The second-order valence-electron chi connectivity index (χ2n) is 9.09. The predicted molar refractivity (Wildman–Crippen MR) is 141 cm³/mol. The van der Waals surface area contributed by atoms with Crippen molar-refractivity contribution >= 4 is 38.7 Å². The van der Waals surface area contributed by atoms with Gasteiger partial charge in [-0.15, -0.1) is 0 Å². The first-order valence-electron chi connectivity index (χ1n) is 11.7. The fourth-order valence-electron chi connectivity index (χ4n) is 4.92. The summed E-state index contributed by atoms with van der Waals surface area (Å²) in [5.41, 5.74) is 4.26. The van der Waals surface area contributed by atoms with Gasteiger partial charge in [-0.2, -0.15) is 0 Å². The lowest BCUT2D eigenvalue weighted by atomic mass is 10.0. The van der Waals surface area contributed by atoms with Crippen molar-refractivity contribution in [2.75, 3.05) is 22.5 Å². The minimum Gasteiger partial charge on any atom is -0.376 e. The standard InChI is InChI=1S/C25H29N5O3S2/c1-17-15-18(10-11-20(17)28-35(2,31)32)30-24(23(27-25(30)34)21-8-3-4-12-26-21)22-9-5-13-29(22)16-19-7-6-14-33-19/h3-5,8-13,15,19,23-24,28H,6-7,14,16H2,1-2H3,(H,27,34)/t19-,23-,24-/m0/s1. The van der Waals surface area contributed by atoms with Crippen LogP contribution in [-0.2, 0) is 21.3 Å². The van der Waals surface area contributed by atoms with Crippen LogP contribution in [0.1, 0.15) is 41.9 Å². The molecule has 8 nitrogen and oxygen atoms in total. The van der Waals surface area contributed by atoms with E-state index in [0.717, 1.165) is 54.9 Å². The van der Waals surface area contributed by atoms with Crippen LogP contribution in [-0.4, -0.2) is 42.0 Å². The highest BCUT2D eigenvalue weighted by Crippen LogP contribution is 2.42. The average molecular weight is 512 g/mol. The van der Waals surface area contributed by atoms with Crippen molar-refractivity contribution in [3.8, 4) is 0 Å². The summed E-state index contributed by atoms with van der Waals surface area (Å²) in [7, 11) is -3.38. The van der Waals surface area contributed by atoms with Crippen molar-refractivity contribution in [2.45, 2.75) is 44.5 Å². The summed E-state index contributed by atoms with van der Waals surface area (Å²) >= 11 is 5.84. The lowest BCUT2D eigenvalue weighted by Crippen LogP contribution is -2.31. The first kappa shape index (κ1) is 23.8. The predicted octanol–water partition coefficient (Wildman–Crippen LogP) is 3.92. The monoisotopic (exact) mass is 511 g/mol. The van der Waals surface area contributed by atoms with Gasteiger partial charge in [0.25, 0.3) is 0 Å². The van der Waals surface area contributed by atoms with E-state index in [0.29, 0.717) is 10.8 Å². The topological polar surface area (TPSA) is 88.5 Å². The molecule has 2 aliphatic heterocycles. The summed E-state index contributed by atoms with van der Waals surface area (Å²) in [6, 6.07) is 15.4. The Morgan fingerprint density at radius 1 is 1.23 bits per heavy atom. The normalized spacial score (nSPS) is 22.4. The van der Waals surface area contributed by atoms with Crippen molar-refractivity contribution in [1.82, 2.24) is 14.9 Å². The summed E-state index contributed by atoms with van der Waals surface area (Å²) in [5, 5.41) is 4.09. The van der Waals surface area contributed by atoms with Crippen LogP contribution in [0.15, 0.2) is 60.9 Å². The smallest absolute Gasteiger partial charge is 0.229 e. The molecule has 35 heavy (non-hydrogen) atoms. The fraction of sp³-hybridized carbons (Fsp3) is 0.360. The number of pyridine rings is 1. The van der Waals surface area contributed by atoms with E-state index in [1.807, 2.05) is 37.3 Å². The van der Waals surface area contributed by atoms with Crippen LogP contribution in [0.5, 0.6) is 0 Å². The maximum absolute atomic E-state index is 11.8. The molecule has 4 heterocycles. The van der Waals surface area contributed by atoms with E-state index in [9.17, 15) is 8.42 Å². The third-order valence-corrected chi connectivity index (χ3v) is 7.38. The zero-order chi connectivity index (χ0) is 24.6. The number of aryl methyl sites for hydroxylation is 1. The van der Waals surface area contributed by atoms with Crippen LogP contribution in [0.4, 0.5) is 11.4 Å². The molecule has 0 bridgehead atoms. The summed E-state index contributed by atoms with van der Waals surface area (Å²) in [5.74, 6) is 0. The molecule has 184 valence electrons. The van der Waals surface area contributed by atoms with Gasteiger partial charge in [0, 0.05) is 36.9 Å². The third kappa shape index (κ3) is 5.05. The van der Waals surface area contributed by atoms with E-state index < -0.39 is 10.0 Å². The van der Waals surface area contributed by atoms with Gasteiger partial charge in [-0.25, -0.2) is 8.42 Å². The maximum Gasteiger partial charge on any atom is 0.229 e. The fourth-order valence-corrected chi connectivity index (χ4v) is 5.89. The van der Waals surface area contributed by atoms with Gasteiger partial charge in [-0.3, -0.25) is 9.71 Å². The number of thiocarbonyl (C=S) groups is 1. The molecular weight excluding hydrogens is 482 g/mol. The number of hydrogen-bond donors (Lipinski definition) is 2. The van der Waals surface area contributed by atoms with Crippen LogP contribution in [0, 0.1) is 6.92 Å². The summed E-state index contributed by atoms with van der Waals surface area (Å²) in [6.07, 6.45) is 7.38. The Morgan fingerprint density at radius 3 is 2.77 bits per heavy atom. The molecule has 0 amide bonds. The minimum absolute atomic E-state index is 0.151. The summed E-state index contributed by atoms with van der Waals surface area (Å²) in [6.45, 7) is 3.48. The van der Waals surface area contributed by atoms with Crippen molar-refractivity contribution in [2.24, 2.45) is 0 Å². The van der Waals surface area contributed by atoms with Crippen LogP contribution in [0.3, 0.4) is 0 Å². The highest BCUT2D eigenvalue weighted by Gasteiger charge is 2.42. The number of benzene rings is 1. The van der Waals surface area contributed by atoms with Gasteiger partial charge in [0.15, 0.2) is 5.11 Å². The minimum atomic E-state index is -3.38. The molecule has 2 aliphatic rings. The van der Waals surface area contributed by atoms with Crippen LogP contribution in [0.2, 0.25) is 0 Å². The van der Waals surface area contributed by atoms with Crippen molar-refractivity contribution in [3.63, 3.8) is 0 Å². The molecule has 0 aliphatic carbocycles. The molecule has 0 radical (unpaired) electrons. The molecule has 2 fully saturated rings. The Morgan fingerprint density at radius 2 is 2.09 bits per heavy atom. The van der Waals surface area contributed by atoms with Gasteiger partial charge >= 0.3 is 0 Å². The maximum atomic E-state index is 11.8. The van der Waals surface area contributed by atoms with Crippen LogP contribution in [0.25, 0.3) is 0 Å². The molecule has 3 atom stereocenters. The number of hydrogen-bond acceptors (Lipinski definition) is 5. The SMILES string of the molecule is Cc1cc(N2C(=S)N[C@@H](c3ccccn3)[C@@H]2c2cccn2C[C@@H]2CCCO2)ccc1NS(C)(=O)=O. The zero-order valence-electron chi connectivity index (χ0n) is 19.7. The Kier molecular flexibility index (Phi) is 6.52. The molecule has 5 rings (SSSR count). The molecule has 1 aromatic carbocycles. The van der Waals surface area contributed by atoms with Crippen LogP contribution < -0.4 is 14.9 Å². The van der Waals surface area contributed by atoms with Gasteiger partial charge in [-0.05, 0) is 80.0 Å². The van der Waals surface area contributed by atoms with Gasteiger partial charge in [-0.1, -0.05) is 6.07 Å². The van der Waals surface area contributed by atoms with E-state index in [2.05, 4.69) is 42.8 Å². The third-order valence-electron chi connectivity index (χ3n) is 6.47. The highest BCUT2D eigenvalue weighted by molar-refractivity contribution is 7.92. The van der Waals surface area contributed by atoms with E-state index >= 15 is 0 Å². The summed E-state index contributed by atoms with van der Waals surface area (Å²) < 4.78 is 34.3. The molecule has 2 aromatic heterocycles. The van der Waals surface area contributed by atoms with Crippen LogP contribution >= 0.6 is 12.2 Å². The Balaban J connectivity index is 1.56. The molecule has 0 saturated carbocycles. The van der Waals surface area contributed by atoms with Gasteiger partial charge < -0.3 is 19.5 Å². The van der Waals surface area contributed by atoms with E-state index in [1.54, 1.807) is 12.3 Å². The number of sulfonamides is 1. The van der Waals surface area contributed by atoms with Crippen molar-refractivity contribution < 1.29 is 13.2 Å². The van der Waals surface area contributed by atoms with Crippen molar-refractivity contribution in [3.05, 3.63) is 77.9 Å². The van der Waals surface area contributed by atoms with Gasteiger partial charge in [0.1, 0.15) is 6.04 Å². The largest absolute Gasteiger partial charge is 0.376 e. The Bertz CT molecular complexity index is 1320. The van der Waals surface area contributed by atoms with Gasteiger partial charge in [0.05, 0.1) is 29.8 Å². The second-order valence-corrected chi connectivity index (χ2v) is 11.2. The Hall–Kier alpha value is -2.95. The molecule has 2 saturated heterocycles. The lowest BCUT2D eigenvalue weighted by Gasteiger charge is -2.30. The number of nitrogens with one attached hydrogen (secondary N) is 2. The van der Waals surface area contributed by atoms with Gasteiger partial charge in [0.2, 0.25) is 10.0 Å². The number of rotatable bonds is 7. The second kappa shape index (κ2) is 9.60. The zero-order valence-corrected chi connectivity index (χ0v) is 21.3. The van der Waals surface area contributed by atoms with Crippen molar-refractivity contribution in [1.29, 1.82) is 0 Å². The number of ether oxygens (including phenoxy) is 1. The first-order valence-corrected chi connectivity index (χ1v) is 14.0. The molecule has 0 spiro atoms. The van der Waals surface area contributed by atoms with E-state index in [1.165, 1.54) is 0 Å². The molecule has 3 aromatic rings. The number of aromatic nitrogens is 2. The average Bonchev–Trinajstić information content (AvgIpc) is 3.56. The van der Waals surface area contributed by atoms with E-state index in [4.69, 9.17) is 17.0 Å². The summed E-state index contributed by atoms with van der Waals surface area (Å²) in [4.78, 5) is 6.73. The lowest BCUT2D eigenvalue weighted by molar-refractivity contribution is 0.0961. The number of nitrogens with zero attached hydrogens (tertiary/aromatic N) is 3. The molecule has 10 heteroatoms. The quantitative estimate of drug-likeness (QED) is 0.465. The Labute approximate surface area is 211 Å². The molecule has 2 N–H and O–H groups in total. The highest BCUT2D eigenvalue weighted by atomic mass is 32.2. The first-order chi connectivity index (χ1) is 16.8.